The molecule has 0 radical (unpaired) electrons. The lowest BCUT2D eigenvalue weighted by atomic mass is 10.0. The third-order valence-electron chi connectivity index (χ3n) is 4.24. The van der Waals surface area contributed by atoms with Crippen molar-refractivity contribution in [1.29, 1.82) is 0 Å². The predicted octanol–water partition coefficient (Wildman–Crippen LogP) is 7.06. The van der Waals surface area contributed by atoms with Gasteiger partial charge in [-0.2, -0.15) is 0 Å². The summed E-state index contributed by atoms with van der Waals surface area (Å²) in [6, 6.07) is 0. The van der Waals surface area contributed by atoms with Gasteiger partial charge in [-0.05, 0) is 6.42 Å². The quantitative estimate of drug-likeness (QED) is 0.290. The normalized spacial score (nSPS) is 11.0. The Hall–Kier alpha value is -0.180. The first kappa shape index (κ1) is 21.8. The van der Waals surface area contributed by atoms with Gasteiger partial charge in [0, 0.05) is 5.75 Å². The number of nitrogens with two attached hydrogens (primary N) is 1. The molecule has 1 amide bonds. The Morgan fingerprint density at radius 3 is 1.27 bits per heavy atom. The molecular formula is C19H39NOS. The van der Waals surface area contributed by atoms with E-state index in [9.17, 15) is 4.79 Å². The Morgan fingerprint density at radius 1 is 0.636 bits per heavy atom. The molecule has 0 bridgehead atoms. The van der Waals surface area contributed by atoms with E-state index in [0.29, 0.717) is 0 Å². The van der Waals surface area contributed by atoms with E-state index in [1.54, 1.807) is 0 Å². The van der Waals surface area contributed by atoms with Crippen molar-refractivity contribution in [3.8, 4) is 0 Å². The number of unbranched alkanes of at least 4 members (excludes halogenated alkanes) is 15. The molecule has 0 heterocycles. The first-order chi connectivity index (χ1) is 10.8. The number of amides is 1. The Morgan fingerprint density at radius 2 is 0.955 bits per heavy atom. The van der Waals surface area contributed by atoms with Crippen molar-refractivity contribution in [2.24, 2.45) is 5.73 Å². The highest BCUT2D eigenvalue weighted by Gasteiger charge is 1.96. The monoisotopic (exact) mass is 329 g/mol. The van der Waals surface area contributed by atoms with E-state index in [-0.39, 0.29) is 5.24 Å². The molecule has 0 fully saturated rings. The van der Waals surface area contributed by atoms with Crippen LogP contribution >= 0.6 is 11.8 Å². The van der Waals surface area contributed by atoms with Crippen LogP contribution in [0, 0.1) is 0 Å². The van der Waals surface area contributed by atoms with Crippen molar-refractivity contribution in [1.82, 2.24) is 0 Å². The van der Waals surface area contributed by atoms with E-state index < -0.39 is 0 Å². The standard InChI is InChI=1S/C19H39NOS/c1-2-3-4-5-6-7-8-9-10-11-12-13-14-15-16-17-18-22-19(20)21/h2-18H2,1H3,(H2,20,21). The van der Waals surface area contributed by atoms with Crippen LogP contribution in [0.25, 0.3) is 0 Å². The number of hydrogen-bond donors (Lipinski definition) is 1. The SMILES string of the molecule is CCCCCCCCCCCCCCCCCCSC(N)=O. The molecule has 22 heavy (non-hydrogen) atoms. The van der Waals surface area contributed by atoms with Crippen LogP contribution in [0.4, 0.5) is 4.79 Å². The minimum atomic E-state index is -0.235. The zero-order valence-corrected chi connectivity index (χ0v) is 15.7. The second-order valence-electron chi connectivity index (χ2n) is 6.47. The molecule has 0 unspecified atom stereocenters. The summed E-state index contributed by atoms with van der Waals surface area (Å²) in [5, 5.41) is -0.235. The van der Waals surface area contributed by atoms with Crippen LogP contribution in [0.15, 0.2) is 0 Å². The summed E-state index contributed by atoms with van der Waals surface area (Å²) in [7, 11) is 0. The maximum absolute atomic E-state index is 10.5. The highest BCUT2D eigenvalue weighted by molar-refractivity contribution is 8.13. The number of thioether (sulfide) groups is 1. The molecule has 2 nitrogen and oxygen atoms in total. The van der Waals surface area contributed by atoms with Gasteiger partial charge in [0.05, 0.1) is 0 Å². The number of primary amides is 1. The molecule has 2 N–H and O–H groups in total. The minimum Gasteiger partial charge on any atom is -0.361 e. The van der Waals surface area contributed by atoms with Crippen LogP contribution in [0.5, 0.6) is 0 Å². The fourth-order valence-electron chi connectivity index (χ4n) is 2.82. The summed E-state index contributed by atoms with van der Waals surface area (Å²) < 4.78 is 0. The molecule has 0 atom stereocenters. The molecule has 0 rings (SSSR count). The summed E-state index contributed by atoms with van der Waals surface area (Å²) in [6.45, 7) is 2.28. The van der Waals surface area contributed by atoms with E-state index in [2.05, 4.69) is 6.92 Å². The molecule has 3 heteroatoms. The lowest BCUT2D eigenvalue weighted by Gasteiger charge is -2.03. The summed E-state index contributed by atoms with van der Waals surface area (Å²) in [5.74, 6) is 0.897. The van der Waals surface area contributed by atoms with Crippen LogP contribution in [-0.4, -0.2) is 11.0 Å². The zero-order chi connectivity index (χ0) is 16.3. The molecule has 0 saturated carbocycles. The molecule has 0 aromatic rings. The molecule has 0 aliphatic rings. The van der Waals surface area contributed by atoms with Crippen LogP contribution in [-0.2, 0) is 0 Å². The molecule has 0 aromatic heterocycles. The van der Waals surface area contributed by atoms with E-state index in [0.717, 1.165) is 12.2 Å². The fraction of sp³-hybridized carbons (Fsp3) is 0.947. The van der Waals surface area contributed by atoms with Gasteiger partial charge in [-0.1, -0.05) is 115 Å². The Bertz CT molecular complexity index is 233. The van der Waals surface area contributed by atoms with Crippen molar-refractivity contribution < 1.29 is 4.79 Å². The molecule has 132 valence electrons. The summed E-state index contributed by atoms with van der Waals surface area (Å²) in [4.78, 5) is 10.5. The Kier molecular flexibility index (Phi) is 18.7. The van der Waals surface area contributed by atoms with Crippen LogP contribution in [0.1, 0.15) is 110 Å². The van der Waals surface area contributed by atoms with Crippen molar-refractivity contribution in [2.75, 3.05) is 5.75 Å². The minimum absolute atomic E-state index is 0.235. The average Bonchev–Trinajstić information content (AvgIpc) is 2.50. The molecular weight excluding hydrogens is 290 g/mol. The van der Waals surface area contributed by atoms with Crippen molar-refractivity contribution in [3.05, 3.63) is 0 Å². The first-order valence-corrected chi connectivity index (χ1v) is 10.7. The smallest absolute Gasteiger partial charge is 0.276 e. The largest absolute Gasteiger partial charge is 0.361 e. The third kappa shape index (κ3) is 19.8. The van der Waals surface area contributed by atoms with Gasteiger partial charge in [0.1, 0.15) is 0 Å². The van der Waals surface area contributed by atoms with Gasteiger partial charge >= 0.3 is 0 Å². The van der Waals surface area contributed by atoms with E-state index in [1.807, 2.05) is 0 Å². The van der Waals surface area contributed by atoms with Gasteiger partial charge in [-0.25, -0.2) is 0 Å². The van der Waals surface area contributed by atoms with Crippen molar-refractivity contribution in [2.45, 2.75) is 110 Å². The van der Waals surface area contributed by atoms with Crippen LogP contribution in [0.2, 0.25) is 0 Å². The maximum Gasteiger partial charge on any atom is 0.276 e. The third-order valence-corrected chi connectivity index (χ3v) is 5.02. The molecule has 0 spiro atoms. The summed E-state index contributed by atoms with van der Waals surface area (Å²) in [6.07, 6.45) is 22.2. The molecule has 0 aromatic carbocycles. The Labute approximate surface area is 143 Å². The van der Waals surface area contributed by atoms with Gasteiger partial charge in [-0.15, -0.1) is 0 Å². The van der Waals surface area contributed by atoms with Gasteiger partial charge in [0.2, 0.25) is 0 Å². The lowest BCUT2D eigenvalue weighted by molar-refractivity contribution is 0.267. The van der Waals surface area contributed by atoms with E-state index >= 15 is 0 Å². The van der Waals surface area contributed by atoms with E-state index in [1.165, 1.54) is 108 Å². The van der Waals surface area contributed by atoms with Crippen molar-refractivity contribution in [3.63, 3.8) is 0 Å². The summed E-state index contributed by atoms with van der Waals surface area (Å²) in [5.41, 5.74) is 5.08. The van der Waals surface area contributed by atoms with Crippen molar-refractivity contribution >= 4 is 17.0 Å². The zero-order valence-electron chi connectivity index (χ0n) is 14.9. The lowest BCUT2D eigenvalue weighted by Crippen LogP contribution is -2.02. The fourth-order valence-corrected chi connectivity index (χ4v) is 3.37. The number of carbonyl (C=O) groups is 1. The highest BCUT2D eigenvalue weighted by atomic mass is 32.2. The van der Waals surface area contributed by atoms with Gasteiger partial charge in [-0.3, -0.25) is 4.79 Å². The summed E-state index contributed by atoms with van der Waals surface area (Å²) >= 11 is 1.26. The molecule has 0 aliphatic heterocycles. The Balaban J connectivity index is 2.95. The van der Waals surface area contributed by atoms with Gasteiger partial charge in [0.15, 0.2) is 0 Å². The second kappa shape index (κ2) is 18.9. The number of rotatable bonds is 17. The van der Waals surface area contributed by atoms with Crippen LogP contribution < -0.4 is 5.73 Å². The van der Waals surface area contributed by atoms with Gasteiger partial charge < -0.3 is 5.73 Å². The first-order valence-electron chi connectivity index (χ1n) is 9.69. The second-order valence-corrected chi connectivity index (χ2v) is 7.57. The average molecular weight is 330 g/mol. The van der Waals surface area contributed by atoms with Crippen LogP contribution in [0.3, 0.4) is 0 Å². The highest BCUT2D eigenvalue weighted by Crippen LogP contribution is 2.14. The number of carbonyl (C=O) groups excluding carboxylic acids is 1. The van der Waals surface area contributed by atoms with Gasteiger partial charge in [0.25, 0.3) is 5.24 Å². The maximum atomic E-state index is 10.5. The van der Waals surface area contributed by atoms with E-state index in [4.69, 9.17) is 5.73 Å². The predicted molar refractivity (Wildman–Crippen MR) is 102 cm³/mol. The molecule has 0 saturated heterocycles. The number of hydrogen-bond acceptors (Lipinski definition) is 2. The molecule has 0 aliphatic carbocycles. The topological polar surface area (TPSA) is 43.1 Å².